The first-order valence-electron chi connectivity index (χ1n) is 9.06. The third kappa shape index (κ3) is 6.49. The van der Waals surface area contributed by atoms with Gasteiger partial charge in [-0.05, 0) is 41.8 Å². The number of carbonyl (C=O) groups is 3. The second-order valence-corrected chi connectivity index (χ2v) is 6.38. The molecule has 30 heavy (non-hydrogen) atoms. The standard InChI is InChI=1S/C21H24N2O7/c1-28-15-6-3-13(4-7-15)11-23-20(25)17(22)10-14-5-8-18(16(9-14)21(26)27)30-12-19(24)29-2/h3-9,17H,10-12,22H2,1-2H3,(H,23,25)(H,26,27)/t17-/m0/s1. The summed E-state index contributed by atoms with van der Waals surface area (Å²) in [5.41, 5.74) is 7.26. The number of ether oxygens (including phenoxy) is 3. The molecule has 4 N–H and O–H groups in total. The number of nitrogens with one attached hydrogen (secondary N) is 1. The van der Waals surface area contributed by atoms with Gasteiger partial charge in [-0.15, -0.1) is 0 Å². The van der Waals surface area contributed by atoms with Gasteiger partial charge in [0.1, 0.15) is 17.1 Å². The van der Waals surface area contributed by atoms with Crippen molar-refractivity contribution in [1.29, 1.82) is 0 Å². The van der Waals surface area contributed by atoms with Crippen molar-refractivity contribution in [3.05, 3.63) is 59.2 Å². The second-order valence-electron chi connectivity index (χ2n) is 6.38. The third-order valence-electron chi connectivity index (χ3n) is 4.27. The normalized spacial score (nSPS) is 11.3. The molecule has 0 aliphatic carbocycles. The Labute approximate surface area is 173 Å². The monoisotopic (exact) mass is 416 g/mol. The maximum atomic E-state index is 12.3. The van der Waals surface area contributed by atoms with Gasteiger partial charge >= 0.3 is 11.9 Å². The number of carbonyl (C=O) groups excluding carboxylic acids is 2. The number of methoxy groups -OCH3 is 2. The summed E-state index contributed by atoms with van der Waals surface area (Å²) in [6, 6.07) is 10.8. The maximum Gasteiger partial charge on any atom is 0.343 e. The largest absolute Gasteiger partial charge is 0.497 e. The fraction of sp³-hybridized carbons (Fsp3) is 0.286. The summed E-state index contributed by atoms with van der Waals surface area (Å²) in [7, 11) is 2.78. The van der Waals surface area contributed by atoms with Crippen molar-refractivity contribution < 1.29 is 33.7 Å². The Bertz CT molecular complexity index is 897. The molecule has 1 atom stereocenters. The molecule has 2 aromatic carbocycles. The highest BCUT2D eigenvalue weighted by atomic mass is 16.6. The molecule has 0 fully saturated rings. The van der Waals surface area contributed by atoms with Crippen LogP contribution in [0.5, 0.6) is 11.5 Å². The van der Waals surface area contributed by atoms with Crippen molar-refractivity contribution >= 4 is 17.8 Å². The van der Waals surface area contributed by atoms with Crippen molar-refractivity contribution in [1.82, 2.24) is 5.32 Å². The van der Waals surface area contributed by atoms with Crippen LogP contribution in [-0.4, -0.2) is 49.8 Å². The van der Waals surface area contributed by atoms with Crippen LogP contribution in [0.1, 0.15) is 21.5 Å². The molecule has 0 aliphatic rings. The number of hydrogen-bond donors (Lipinski definition) is 3. The van der Waals surface area contributed by atoms with Gasteiger partial charge in [0.2, 0.25) is 5.91 Å². The lowest BCUT2D eigenvalue weighted by atomic mass is 10.0. The average Bonchev–Trinajstić information content (AvgIpc) is 2.76. The topological polar surface area (TPSA) is 137 Å². The molecule has 0 spiro atoms. The first kappa shape index (κ1) is 22.7. The number of benzene rings is 2. The number of nitrogens with two attached hydrogens (primary N) is 1. The number of esters is 1. The van der Waals surface area contributed by atoms with Crippen molar-refractivity contribution in [2.75, 3.05) is 20.8 Å². The smallest absolute Gasteiger partial charge is 0.343 e. The number of carboxylic acid groups (broad SMARTS) is 1. The minimum absolute atomic E-state index is 0.0224. The molecule has 2 rings (SSSR count). The van der Waals surface area contributed by atoms with Crippen LogP contribution in [0, 0.1) is 0 Å². The molecular weight excluding hydrogens is 392 g/mol. The van der Waals surface area contributed by atoms with Crippen LogP contribution in [0.2, 0.25) is 0 Å². The van der Waals surface area contributed by atoms with Gasteiger partial charge in [-0.1, -0.05) is 18.2 Å². The lowest BCUT2D eigenvalue weighted by Crippen LogP contribution is -2.41. The molecule has 0 saturated heterocycles. The second kappa shape index (κ2) is 10.8. The third-order valence-corrected chi connectivity index (χ3v) is 4.27. The molecule has 0 unspecified atom stereocenters. The first-order valence-corrected chi connectivity index (χ1v) is 9.06. The maximum absolute atomic E-state index is 12.3. The molecule has 2 aromatic rings. The fourth-order valence-corrected chi connectivity index (χ4v) is 2.60. The molecule has 9 nitrogen and oxygen atoms in total. The van der Waals surface area contributed by atoms with Crippen LogP contribution in [-0.2, 0) is 27.3 Å². The Kier molecular flexibility index (Phi) is 8.18. The number of aromatic carboxylic acids is 1. The van der Waals surface area contributed by atoms with E-state index in [4.69, 9.17) is 15.2 Å². The Morgan fingerprint density at radius 2 is 1.73 bits per heavy atom. The first-order chi connectivity index (χ1) is 14.3. The molecule has 0 bridgehead atoms. The summed E-state index contributed by atoms with van der Waals surface area (Å²) in [4.78, 5) is 35.0. The highest BCUT2D eigenvalue weighted by Crippen LogP contribution is 2.21. The predicted molar refractivity (Wildman–Crippen MR) is 107 cm³/mol. The number of amides is 1. The van der Waals surface area contributed by atoms with Gasteiger partial charge in [0.25, 0.3) is 0 Å². The highest BCUT2D eigenvalue weighted by Gasteiger charge is 2.18. The van der Waals surface area contributed by atoms with Gasteiger partial charge in [-0.2, -0.15) is 0 Å². The Morgan fingerprint density at radius 3 is 2.33 bits per heavy atom. The lowest BCUT2D eigenvalue weighted by Gasteiger charge is -2.14. The molecular formula is C21H24N2O7. The van der Waals surface area contributed by atoms with E-state index in [1.54, 1.807) is 25.3 Å². The molecule has 9 heteroatoms. The zero-order chi connectivity index (χ0) is 22.1. The summed E-state index contributed by atoms with van der Waals surface area (Å²) in [5.74, 6) is -1.49. The van der Waals surface area contributed by atoms with Crippen molar-refractivity contribution in [3.8, 4) is 11.5 Å². The summed E-state index contributed by atoms with van der Waals surface area (Å²) in [5, 5.41) is 12.1. The minimum Gasteiger partial charge on any atom is -0.497 e. The Balaban J connectivity index is 1.97. The van der Waals surface area contributed by atoms with Gasteiger partial charge in [0, 0.05) is 6.54 Å². The van der Waals surface area contributed by atoms with E-state index in [2.05, 4.69) is 10.1 Å². The van der Waals surface area contributed by atoms with E-state index in [1.807, 2.05) is 12.1 Å². The average molecular weight is 416 g/mol. The van der Waals surface area contributed by atoms with Crippen LogP contribution in [0.4, 0.5) is 0 Å². The lowest BCUT2D eigenvalue weighted by molar-refractivity contribution is -0.142. The van der Waals surface area contributed by atoms with Crippen molar-refractivity contribution in [2.45, 2.75) is 19.0 Å². The molecule has 0 radical (unpaired) electrons. The van der Waals surface area contributed by atoms with Crippen LogP contribution < -0.4 is 20.5 Å². The van der Waals surface area contributed by atoms with Crippen molar-refractivity contribution in [3.63, 3.8) is 0 Å². The van der Waals surface area contributed by atoms with E-state index in [-0.39, 0.29) is 23.6 Å². The number of rotatable bonds is 10. The van der Waals surface area contributed by atoms with Gasteiger partial charge in [-0.3, -0.25) is 4.79 Å². The van der Waals surface area contributed by atoms with E-state index in [1.165, 1.54) is 19.2 Å². The molecule has 160 valence electrons. The number of carboxylic acids is 1. The van der Waals surface area contributed by atoms with E-state index in [0.29, 0.717) is 12.1 Å². The summed E-state index contributed by atoms with van der Waals surface area (Å²) < 4.78 is 14.7. The minimum atomic E-state index is -1.23. The van der Waals surface area contributed by atoms with E-state index < -0.39 is 24.6 Å². The van der Waals surface area contributed by atoms with Gasteiger partial charge in [-0.25, -0.2) is 9.59 Å². The summed E-state index contributed by atoms with van der Waals surface area (Å²) >= 11 is 0. The van der Waals surface area contributed by atoms with Crippen LogP contribution >= 0.6 is 0 Å². The molecule has 0 aliphatic heterocycles. The zero-order valence-electron chi connectivity index (χ0n) is 16.7. The fourth-order valence-electron chi connectivity index (χ4n) is 2.60. The quantitative estimate of drug-likeness (QED) is 0.490. The zero-order valence-corrected chi connectivity index (χ0v) is 16.7. The number of hydrogen-bond acceptors (Lipinski definition) is 7. The van der Waals surface area contributed by atoms with Crippen LogP contribution in [0.25, 0.3) is 0 Å². The van der Waals surface area contributed by atoms with E-state index >= 15 is 0 Å². The van der Waals surface area contributed by atoms with Crippen LogP contribution in [0.3, 0.4) is 0 Å². The Hall–Kier alpha value is -3.59. The molecule has 0 saturated carbocycles. The summed E-state index contributed by atoms with van der Waals surface area (Å²) in [6.45, 7) is -0.110. The van der Waals surface area contributed by atoms with Gasteiger partial charge < -0.3 is 30.4 Å². The van der Waals surface area contributed by atoms with Gasteiger partial charge in [0.15, 0.2) is 6.61 Å². The molecule has 0 aromatic heterocycles. The SMILES string of the molecule is COC(=O)COc1ccc(C[C@H](N)C(=O)NCc2ccc(OC)cc2)cc1C(=O)O. The van der Waals surface area contributed by atoms with E-state index in [9.17, 15) is 19.5 Å². The molecule has 1 amide bonds. The Morgan fingerprint density at radius 1 is 1.07 bits per heavy atom. The highest BCUT2D eigenvalue weighted by molar-refractivity contribution is 5.91. The summed E-state index contributed by atoms with van der Waals surface area (Å²) in [6.07, 6.45) is 0.131. The predicted octanol–water partition coefficient (Wildman–Crippen LogP) is 1.13. The van der Waals surface area contributed by atoms with Gasteiger partial charge in [0.05, 0.1) is 20.3 Å². The van der Waals surface area contributed by atoms with Crippen LogP contribution in [0.15, 0.2) is 42.5 Å². The van der Waals surface area contributed by atoms with Crippen molar-refractivity contribution in [2.24, 2.45) is 5.73 Å². The molecule has 0 heterocycles. The van der Waals surface area contributed by atoms with E-state index in [0.717, 1.165) is 11.3 Å².